The van der Waals surface area contributed by atoms with Crippen molar-refractivity contribution in [3.05, 3.63) is 0 Å². The number of thioether (sulfide) groups is 1. The highest BCUT2D eigenvalue weighted by atomic mass is 35.5. The molecule has 4 heteroatoms. The summed E-state index contributed by atoms with van der Waals surface area (Å²) in [6.07, 6.45) is 0. The number of ether oxygens (including phenoxy) is 1. The molecular formula is C6H16ClNOS. The monoisotopic (exact) mass is 185 g/mol. The molecule has 10 heavy (non-hydrogen) atoms. The molecule has 0 amide bonds. The second-order valence-electron chi connectivity index (χ2n) is 2.04. The van der Waals surface area contributed by atoms with Gasteiger partial charge in [0.1, 0.15) is 0 Å². The van der Waals surface area contributed by atoms with E-state index in [-0.39, 0.29) is 12.4 Å². The van der Waals surface area contributed by atoms with Gasteiger partial charge in [-0.05, 0) is 6.92 Å². The smallest absolute Gasteiger partial charge is 0.0552 e. The van der Waals surface area contributed by atoms with Gasteiger partial charge in [0.2, 0.25) is 0 Å². The highest BCUT2D eigenvalue weighted by molar-refractivity contribution is 7.99. The molecule has 0 heterocycles. The molecule has 0 aromatic heterocycles. The minimum atomic E-state index is 0. The Morgan fingerprint density at radius 3 is 2.60 bits per heavy atom. The maximum atomic E-state index is 5.51. The Hall–Kier alpha value is 0.560. The lowest BCUT2D eigenvalue weighted by molar-refractivity contribution is 0.218. The zero-order valence-corrected chi connectivity index (χ0v) is 8.13. The van der Waals surface area contributed by atoms with Gasteiger partial charge < -0.3 is 10.5 Å². The molecule has 0 aliphatic carbocycles. The van der Waals surface area contributed by atoms with Crippen molar-refractivity contribution in [2.45, 2.75) is 13.0 Å². The van der Waals surface area contributed by atoms with Crippen LogP contribution in [0.4, 0.5) is 0 Å². The van der Waals surface area contributed by atoms with Crippen LogP contribution in [0.25, 0.3) is 0 Å². The summed E-state index contributed by atoms with van der Waals surface area (Å²) in [5, 5.41) is 0. The summed E-state index contributed by atoms with van der Waals surface area (Å²) < 4.78 is 4.86. The van der Waals surface area contributed by atoms with E-state index in [4.69, 9.17) is 10.5 Å². The largest absolute Gasteiger partial charge is 0.384 e. The van der Waals surface area contributed by atoms with Crippen molar-refractivity contribution in [2.75, 3.05) is 25.2 Å². The molecule has 0 saturated carbocycles. The lowest BCUT2D eigenvalue weighted by Gasteiger charge is -2.02. The molecule has 0 saturated heterocycles. The molecule has 0 spiro atoms. The summed E-state index contributed by atoms with van der Waals surface area (Å²) in [5.74, 6) is 2.08. The normalized spacial score (nSPS) is 12.3. The first kappa shape index (κ1) is 13.2. The molecular weight excluding hydrogens is 170 g/mol. The van der Waals surface area contributed by atoms with E-state index in [9.17, 15) is 0 Å². The van der Waals surface area contributed by atoms with Crippen LogP contribution in [0.3, 0.4) is 0 Å². The number of hydrogen-bond donors (Lipinski definition) is 1. The standard InChI is InChI=1S/C6H15NOS.ClH/c1-6(7)5-9-4-3-8-2;/h6H,3-5,7H2,1-2H3;1H/t6-;/m1./s1. The van der Waals surface area contributed by atoms with E-state index in [0.717, 1.165) is 18.1 Å². The molecule has 0 aromatic carbocycles. The Morgan fingerprint density at radius 2 is 2.20 bits per heavy atom. The van der Waals surface area contributed by atoms with Crippen molar-refractivity contribution < 1.29 is 4.74 Å². The Labute approximate surface area is 73.3 Å². The number of hydrogen-bond acceptors (Lipinski definition) is 3. The molecule has 0 aromatic rings. The second kappa shape index (κ2) is 9.56. The average Bonchev–Trinajstić information content (AvgIpc) is 1.80. The molecule has 1 atom stereocenters. The maximum absolute atomic E-state index is 5.51. The Kier molecular flexibility index (Phi) is 12.6. The maximum Gasteiger partial charge on any atom is 0.0552 e. The summed E-state index contributed by atoms with van der Waals surface area (Å²) in [7, 11) is 1.71. The third-order valence-electron chi connectivity index (χ3n) is 0.813. The fraction of sp³-hybridized carbons (Fsp3) is 1.00. The van der Waals surface area contributed by atoms with Crippen LogP contribution < -0.4 is 5.73 Å². The predicted molar refractivity (Wildman–Crippen MR) is 50.1 cm³/mol. The average molecular weight is 186 g/mol. The molecule has 64 valence electrons. The van der Waals surface area contributed by atoms with Gasteiger partial charge in [0.05, 0.1) is 6.61 Å². The summed E-state index contributed by atoms with van der Waals surface area (Å²) in [6, 6.07) is 0.312. The van der Waals surface area contributed by atoms with E-state index in [1.54, 1.807) is 7.11 Å². The van der Waals surface area contributed by atoms with Crippen LogP contribution in [0.1, 0.15) is 6.92 Å². The van der Waals surface area contributed by atoms with Crippen LogP contribution in [0, 0.1) is 0 Å². The zero-order valence-electron chi connectivity index (χ0n) is 6.50. The van der Waals surface area contributed by atoms with Gasteiger partial charge in [0.25, 0.3) is 0 Å². The quantitative estimate of drug-likeness (QED) is 0.653. The predicted octanol–water partition coefficient (Wildman–Crippen LogP) is 1.14. The van der Waals surface area contributed by atoms with E-state index in [0.29, 0.717) is 6.04 Å². The summed E-state index contributed by atoms with van der Waals surface area (Å²) >= 11 is 1.84. The fourth-order valence-corrected chi connectivity index (χ4v) is 1.23. The molecule has 0 unspecified atom stereocenters. The van der Waals surface area contributed by atoms with Crippen molar-refractivity contribution in [1.82, 2.24) is 0 Å². The zero-order chi connectivity index (χ0) is 7.11. The molecule has 0 bridgehead atoms. The summed E-state index contributed by atoms with van der Waals surface area (Å²) in [6.45, 7) is 2.84. The number of halogens is 1. The minimum absolute atomic E-state index is 0. The summed E-state index contributed by atoms with van der Waals surface area (Å²) in [4.78, 5) is 0. The first-order valence-corrected chi connectivity index (χ1v) is 4.25. The number of methoxy groups -OCH3 is 1. The first-order valence-electron chi connectivity index (χ1n) is 3.09. The van der Waals surface area contributed by atoms with Gasteiger partial charge >= 0.3 is 0 Å². The Balaban J connectivity index is 0. The van der Waals surface area contributed by atoms with Crippen molar-refractivity contribution in [1.29, 1.82) is 0 Å². The first-order chi connectivity index (χ1) is 4.27. The summed E-state index contributed by atoms with van der Waals surface area (Å²) in [5.41, 5.74) is 5.51. The van der Waals surface area contributed by atoms with Gasteiger partial charge in [0, 0.05) is 24.7 Å². The van der Waals surface area contributed by atoms with Gasteiger partial charge in [-0.15, -0.1) is 12.4 Å². The second-order valence-corrected chi connectivity index (χ2v) is 3.19. The molecule has 0 radical (unpaired) electrons. The SMILES string of the molecule is COCCSC[C@@H](C)N.Cl. The van der Waals surface area contributed by atoms with E-state index >= 15 is 0 Å². The molecule has 0 fully saturated rings. The number of nitrogens with two attached hydrogens (primary N) is 1. The van der Waals surface area contributed by atoms with E-state index in [1.165, 1.54) is 0 Å². The Morgan fingerprint density at radius 1 is 1.60 bits per heavy atom. The number of rotatable bonds is 5. The van der Waals surface area contributed by atoms with Crippen molar-refractivity contribution in [3.63, 3.8) is 0 Å². The van der Waals surface area contributed by atoms with Gasteiger partial charge in [0.15, 0.2) is 0 Å². The third kappa shape index (κ3) is 11.4. The minimum Gasteiger partial charge on any atom is -0.384 e. The fourth-order valence-electron chi connectivity index (χ4n) is 0.411. The molecule has 0 rings (SSSR count). The topological polar surface area (TPSA) is 35.2 Å². The van der Waals surface area contributed by atoms with Crippen LogP contribution in [-0.4, -0.2) is 31.3 Å². The lowest BCUT2D eigenvalue weighted by atomic mass is 10.4. The molecule has 0 aliphatic rings. The van der Waals surface area contributed by atoms with E-state index in [2.05, 4.69) is 0 Å². The van der Waals surface area contributed by atoms with Crippen molar-refractivity contribution in [2.24, 2.45) is 5.73 Å². The van der Waals surface area contributed by atoms with Crippen LogP contribution >= 0.6 is 24.2 Å². The van der Waals surface area contributed by atoms with Crippen molar-refractivity contribution in [3.8, 4) is 0 Å². The third-order valence-corrected chi connectivity index (χ3v) is 2.03. The van der Waals surface area contributed by atoms with Gasteiger partial charge in [-0.25, -0.2) is 0 Å². The molecule has 0 aliphatic heterocycles. The van der Waals surface area contributed by atoms with E-state index < -0.39 is 0 Å². The lowest BCUT2D eigenvalue weighted by Crippen LogP contribution is -2.18. The highest BCUT2D eigenvalue weighted by Crippen LogP contribution is 1.99. The highest BCUT2D eigenvalue weighted by Gasteiger charge is 1.92. The van der Waals surface area contributed by atoms with Crippen LogP contribution in [0.5, 0.6) is 0 Å². The molecule has 2 nitrogen and oxygen atoms in total. The Bertz CT molecular complexity index is 63.7. The van der Waals surface area contributed by atoms with Gasteiger partial charge in [-0.1, -0.05) is 0 Å². The van der Waals surface area contributed by atoms with Crippen LogP contribution in [0.2, 0.25) is 0 Å². The van der Waals surface area contributed by atoms with Crippen LogP contribution in [0.15, 0.2) is 0 Å². The van der Waals surface area contributed by atoms with Gasteiger partial charge in [-0.3, -0.25) is 0 Å². The van der Waals surface area contributed by atoms with Crippen molar-refractivity contribution >= 4 is 24.2 Å². The van der Waals surface area contributed by atoms with E-state index in [1.807, 2.05) is 18.7 Å². The molecule has 2 N–H and O–H groups in total. The van der Waals surface area contributed by atoms with Crippen LogP contribution in [-0.2, 0) is 4.74 Å². The van der Waals surface area contributed by atoms with Gasteiger partial charge in [-0.2, -0.15) is 11.8 Å².